The highest BCUT2D eigenvalue weighted by atomic mass is 32.2. The van der Waals surface area contributed by atoms with E-state index < -0.39 is 16.1 Å². The van der Waals surface area contributed by atoms with Crippen LogP contribution in [0, 0.1) is 0 Å². The van der Waals surface area contributed by atoms with Crippen molar-refractivity contribution in [2.45, 2.75) is 24.5 Å². The van der Waals surface area contributed by atoms with Crippen molar-refractivity contribution in [3.8, 4) is 5.75 Å². The van der Waals surface area contributed by atoms with Crippen molar-refractivity contribution >= 4 is 15.9 Å². The smallest absolute Gasteiger partial charge is 0.263 e. The largest absolute Gasteiger partial charge is 0.481 e. The van der Waals surface area contributed by atoms with Gasteiger partial charge in [0.2, 0.25) is 0 Å². The summed E-state index contributed by atoms with van der Waals surface area (Å²) in [4.78, 5) is 18.3. The molecule has 1 fully saturated rings. The van der Waals surface area contributed by atoms with E-state index in [1.54, 1.807) is 35.6 Å². The van der Waals surface area contributed by atoms with Gasteiger partial charge in [0.15, 0.2) is 11.1 Å². The first-order valence-corrected chi connectivity index (χ1v) is 10.3. The van der Waals surface area contributed by atoms with E-state index in [9.17, 15) is 13.2 Å². The van der Waals surface area contributed by atoms with Crippen LogP contribution >= 0.6 is 0 Å². The fraction of sp³-hybridized carbons (Fsp3) is 0.444. The molecule has 0 bridgehead atoms. The molecule has 1 aliphatic heterocycles. The molecule has 0 spiro atoms. The van der Waals surface area contributed by atoms with Crippen LogP contribution in [0.2, 0.25) is 0 Å². The molecule has 2 aromatic rings. The Hall–Kier alpha value is -2.39. The van der Waals surface area contributed by atoms with Crippen molar-refractivity contribution in [1.29, 1.82) is 0 Å². The number of para-hydroxylation sites is 1. The number of ether oxygens (including phenoxy) is 1. The van der Waals surface area contributed by atoms with Gasteiger partial charge in [-0.25, -0.2) is 13.4 Å². The van der Waals surface area contributed by atoms with Crippen molar-refractivity contribution in [3.63, 3.8) is 0 Å². The third-order valence-electron chi connectivity index (χ3n) is 4.46. The van der Waals surface area contributed by atoms with Gasteiger partial charge in [-0.2, -0.15) is 4.31 Å². The van der Waals surface area contributed by atoms with Gasteiger partial charge >= 0.3 is 0 Å². The maximum atomic E-state index is 12.7. The van der Waals surface area contributed by atoms with Crippen LogP contribution < -0.4 is 4.74 Å². The van der Waals surface area contributed by atoms with Crippen molar-refractivity contribution in [2.75, 3.05) is 26.2 Å². The van der Waals surface area contributed by atoms with Crippen LogP contribution in [0.15, 0.2) is 47.9 Å². The average Bonchev–Trinajstić information content (AvgIpc) is 2.95. The summed E-state index contributed by atoms with van der Waals surface area (Å²) >= 11 is 0. The van der Waals surface area contributed by atoms with E-state index in [0.717, 1.165) is 0 Å². The zero-order chi connectivity index (χ0) is 19.4. The molecular formula is C18H24N4O4S. The number of carbonyl (C=O) groups is 1. The Morgan fingerprint density at radius 1 is 1.15 bits per heavy atom. The monoisotopic (exact) mass is 392 g/mol. The minimum Gasteiger partial charge on any atom is -0.481 e. The van der Waals surface area contributed by atoms with Crippen molar-refractivity contribution in [2.24, 2.45) is 7.05 Å². The fourth-order valence-electron chi connectivity index (χ4n) is 3.02. The lowest BCUT2D eigenvalue weighted by Gasteiger charge is -2.25. The number of rotatable bonds is 5. The second-order valence-electron chi connectivity index (χ2n) is 6.53. The average molecular weight is 392 g/mol. The summed E-state index contributed by atoms with van der Waals surface area (Å²) in [6.45, 7) is 3.13. The number of nitrogens with zero attached hydrogens (tertiary/aromatic N) is 4. The van der Waals surface area contributed by atoms with Gasteiger partial charge in [0, 0.05) is 39.4 Å². The number of hydrogen-bond acceptors (Lipinski definition) is 5. The zero-order valence-corrected chi connectivity index (χ0v) is 16.3. The highest BCUT2D eigenvalue weighted by Crippen LogP contribution is 2.17. The van der Waals surface area contributed by atoms with Crippen LogP contribution in [-0.2, 0) is 21.9 Å². The third-order valence-corrected chi connectivity index (χ3v) is 6.24. The van der Waals surface area contributed by atoms with Crippen molar-refractivity contribution in [3.05, 3.63) is 42.9 Å². The topological polar surface area (TPSA) is 84.7 Å². The highest BCUT2D eigenvalue weighted by Gasteiger charge is 2.31. The van der Waals surface area contributed by atoms with E-state index >= 15 is 0 Å². The van der Waals surface area contributed by atoms with E-state index in [0.29, 0.717) is 31.8 Å². The second-order valence-corrected chi connectivity index (χ2v) is 8.42. The van der Waals surface area contributed by atoms with Crippen LogP contribution in [0.3, 0.4) is 0 Å². The molecule has 27 heavy (non-hydrogen) atoms. The maximum Gasteiger partial charge on any atom is 0.263 e. The number of carbonyl (C=O) groups excluding carboxylic acids is 1. The lowest BCUT2D eigenvalue weighted by molar-refractivity contribution is -0.137. The second kappa shape index (κ2) is 8.10. The van der Waals surface area contributed by atoms with Gasteiger partial charge in [0.25, 0.3) is 15.9 Å². The maximum absolute atomic E-state index is 12.7. The first-order chi connectivity index (χ1) is 12.9. The van der Waals surface area contributed by atoms with Crippen molar-refractivity contribution in [1.82, 2.24) is 18.8 Å². The van der Waals surface area contributed by atoms with Gasteiger partial charge in [-0.1, -0.05) is 18.2 Å². The number of imidazole rings is 1. The van der Waals surface area contributed by atoms with Gasteiger partial charge in [0.1, 0.15) is 5.75 Å². The summed E-state index contributed by atoms with van der Waals surface area (Å²) < 4.78 is 34.1. The van der Waals surface area contributed by atoms with Crippen LogP contribution in [0.4, 0.5) is 0 Å². The molecule has 0 radical (unpaired) electrons. The number of amides is 1. The molecule has 9 heteroatoms. The molecule has 0 N–H and O–H groups in total. The Morgan fingerprint density at radius 3 is 2.56 bits per heavy atom. The van der Waals surface area contributed by atoms with Gasteiger partial charge in [-0.15, -0.1) is 0 Å². The van der Waals surface area contributed by atoms with Crippen LogP contribution in [0.5, 0.6) is 5.75 Å². The van der Waals surface area contributed by atoms with Crippen molar-refractivity contribution < 1.29 is 17.9 Å². The Morgan fingerprint density at radius 2 is 1.89 bits per heavy atom. The summed E-state index contributed by atoms with van der Waals surface area (Å²) in [5.41, 5.74) is 0. The number of aryl methyl sites for hydroxylation is 1. The third kappa shape index (κ3) is 4.48. The SMILES string of the molecule is CC(Oc1ccccc1)C(=O)N1CCCN(S(=O)(=O)c2cn(C)cn2)CC1. The van der Waals surface area contributed by atoms with E-state index in [2.05, 4.69) is 4.98 Å². The fourth-order valence-corrected chi connectivity index (χ4v) is 4.46. The first-order valence-electron chi connectivity index (χ1n) is 8.86. The molecule has 0 aliphatic carbocycles. The van der Waals surface area contributed by atoms with Crippen LogP contribution in [0.1, 0.15) is 13.3 Å². The Kier molecular flexibility index (Phi) is 5.81. The molecule has 1 atom stereocenters. The summed E-state index contributed by atoms with van der Waals surface area (Å²) in [6.07, 6.45) is 2.88. The van der Waals surface area contributed by atoms with E-state index in [-0.39, 0.29) is 17.5 Å². The highest BCUT2D eigenvalue weighted by molar-refractivity contribution is 7.89. The van der Waals surface area contributed by atoms with E-state index in [1.165, 1.54) is 16.8 Å². The molecular weight excluding hydrogens is 368 g/mol. The zero-order valence-electron chi connectivity index (χ0n) is 15.5. The van der Waals surface area contributed by atoms with E-state index in [4.69, 9.17) is 4.74 Å². The predicted octanol–water partition coefficient (Wildman–Crippen LogP) is 1.11. The molecule has 1 unspecified atom stereocenters. The van der Waals surface area contributed by atoms with Crippen LogP contribution in [0.25, 0.3) is 0 Å². The summed E-state index contributed by atoms with van der Waals surface area (Å²) in [5.74, 6) is 0.489. The Balaban J connectivity index is 1.63. The molecule has 8 nitrogen and oxygen atoms in total. The Bertz CT molecular complexity index is 882. The van der Waals surface area contributed by atoms with Gasteiger partial charge in [0.05, 0.1) is 6.33 Å². The molecule has 146 valence electrons. The molecule has 0 saturated carbocycles. The van der Waals surface area contributed by atoms with Gasteiger partial charge in [-0.3, -0.25) is 4.79 Å². The summed E-state index contributed by atoms with van der Waals surface area (Å²) in [7, 11) is -1.93. The Labute approximate surface area is 159 Å². The predicted molar refractivity (Wildman–Crippen MR) is 99.7 cm³/mol. The van der Waals surface area contributed by atoms with Gasteiger partial charge < -0.3 is 14.2 Å². The number of aromatic nitrogens is 2. The number of hydrogen-bond donors (Lipinski definition) is 0. The first kappa shape index (κ1) is 19.4. The summed E-state index contributed by atoms with van der Waals surface area (Å²) in [6, 6.07) is 9.17. The van der Waals surface area contributed by atoms with E-state index in [1.807, 2.05) is 18.2 Å². The standard InChI is InChI=1S/C18H24N4O4S/c1-15(26-16-7-4-3-5-8-16)18(23)21-9-6-10-22(12-11-21)27(24,25)17-13-20(2)14-19-17/h3-5,7-8,13-15H,6,9-12H2,1-2H3. The lowest BCUT2D eigenvalue weighted by atomic mass is 10.3. The number of sulfonamides is 1. The summed E-state index contributed by atoms with van der Waals surface area (Å²) in [5, 5.41) is 0.0329. The molecule has 1 amide bonds. The molecule has 1 aromatic carbocycles. The molecule has 2 heterocycles. The number of benzene rings is 1. The van der Waals surface area contributed by atoms with Crippen LogP contribution in [-0.4, -0.2) is 65.4 Å². The minimum absolute atomic E-state index is 0.0329. The minimum atomic E-state index is -3.65. The molecule has 1 aliphatic rings. The normalized spacial score (nSPS) is 17.3. The van der Waals surface area contributed by atoms with Gasteiger partial charge in [-0.05, 0) is 25.5 Å². The molecule has 1 saturated heterocycles. The molecule has 3 rings (SSSR count). The quantitative estimate of drug-likeness (QED) is 0.761. The lowest BCUT2D eigenvalue weighted by Crippen LogP contribution is -2.43. The molecule has 1 aromatic heterocycles.